The summed E-state index contributed by atoms with van der Waals surface area (Å²) >= 11 is 0. The van der Waals surface area contributed by atoms with E-state index in [1.807, 2.05) is 6.92 Å². The predicted molar refractivity (Wildman–Crippen MR) is 65.6 cm³/mol. The Bertz CT molecular complexity index is 481. The second kappa shape index (κ2) is 4.66. The van der Waals surface area contributed by atoms with Crippen molar-refractivity contribution in [1.82, 2.24) is 4.31 Å². The van der Waals surface area contributed by atoms with Crippen LogP contribution >= 0.6 is 0 Å². The summed E-state index contributed by atoms with van der Waals surface area (Å²) in [7, 11) is -1.77. The van der Waals surface area contributed by atoms with Crippen LogP contribution in [0.4, 0.5) is 0 Å². The van der Waals surface area contributed by atoms with E-state index in [2.05, 4.69) is 0 Å². The molecule has 1 unspecified atom stereocenters. The Balaban J connectivity index is 2.31. The lowest BCUT2D eigenvalue weighted by Gasteiger charge is -2.20. The Morgan fingerprint density at radius 1 is 1.29 bits per heavy atom. The van der Waals surface area contributed by atoms with E-state index < -0.39 is 10.0 Å². The zero-order valence-corrected chi connectivity index (χ0v) is 10.9. The third-order valence-electron chi connectivity index (χ3n) is 3.16. The second-order valence-electron chi connectivity index (χ2n) is 4.28. The monoisotopic (exact) mass is 255 g/mol. The average molecular weight is 255 g/mol. The molecule has 0 amide bonds. The van der Waals surface area contributed by atoms with Crippen molar-refractivity contribution in [3.8, 4) is 5.75 Å². The van der Waals surface area contributed by atoms with E-state index in [0.29, 0.717) is 17.2 Å². The summed E-state index contributed by atoms with van der Waals surface area (Å²) in [6, 6.07) is 6.64. The average Bonchev–Trinajstić information content (AvgIpc) is 2.76. The Labute approximate surface area is 102 Å². The van der Waals surface area contributed by atoms with Crippen LogP contribution in [0, 0.1) is 0 Å². The van der Waals surface area contributed by atoms with Gasteiger partial charge in [0.1, 0.15) is 5.75 Å². The van der Waals surface area contributed by atoms with Crippen LogP contribution in [0.5, 0.6) is 5.75 Å². The molecule has 4 nitrogen and oxygen atoms in total. The van der Waals surface area contributed by atoms with Crippen molar-refractivity contribution in [2.45, 2.75) is 30.7 Å². The molecule has 0 spiro atoms. The molecule has 17 heavy (non-hydrogen) atoms. The first kappa shape index (κ1) is 12.4. The molecule has 94 valence electrons. The van der Waals surface area contributed by atoms with Gasteiger partial charge in [-0.3, -0.25) is 0 Å². The SMILES string of the molecule is COc1ccc(S(=O)(=O)N2CCCC2C)cc1. The zero-order valence-electron chi connectivity index (χ0n) is 10.1. The summed E-state index contributed by atoms with van der Waals surface area (Å²) in [5, 5.41) is 0. The summed E-state index contributed by atoms with van der Waals surface area (Å²) in [5.74, 6) is 0.665. The first-order valence-corrected chi connectivity index (χ1v) is 7.15. The lowest BCUT2D eigenvalue weighted by Crippen LogP contribution is -2.33. The highest BCUT2D eigenvalue weighted by atomic mass is 32.2. The van der Waals surface area contributed by atoms with Crippen molar-refractivity contribution >= 4 is 10.0 Å². The minimum atomic E-state index is -3.34. The molecule has 0 aliphatic carbocycles. The van der Waals surface area contributed by atoms with Gasteiger partial charge in [-0.1, -0.05) is 0 Å². The van der Waals surface area contributed by atoms with Gasteiger partial charge in [-0.15, -0.1) is 0 Å². The highest BCUT2D eigenvalue weighted by Crippen LogP contribution is 2.26. The summed E-state index contributed by atoms with van der Waals surface area (Å²) < 4.78 is 31.3. The molecule has 0 bridgehead atoms. The van der Waals surface area contributed by atoms with Crippen LogP contribution in [0.2, 0.25) is 0 Å². The van der Waals surface area contributed by atoms with Gasteiger partial charge in [-0.2, -0.15) is 4.31 Å². The molecule has 1 aliphatic rings. The van der Waals surface area contributed by atoms with Crippen LogP contribution < -0.4 is 4.74 Å². The van der Waals surface area contributed by atoms with Gasteiger partial charge in [0.25, 0.3) is 0 Å². The van der Waals surface area contributed by atoms with Crippen LogP contribution in [-0.4, -0.2) is 32.4 Å². The number of rotatable bonds is 3. The van der Waals surface area contributed by atoms with Crippen molar-refractivity contribution < 1.29 is 13.2 Å². The van der Waals surface area contributed by atoms with Crippen molar-refractivity contribution in [3.63, 3.8) is 0 Å². The minimum absolute atomic E-state index is 0.0992. The first-order valence-electron chi connectivity index (χ1n) is 5.71. The number of hydrogen-bond acceptors (Lipinski definition) is 3. The maximum atomic E-state index is 12.3. The van der Waals surface area contributed by atoms with Gasteiger partial charge in [-0.25, -0.2) is 8.42 Å². The molecule has 1 fully saturated rings. The number of benzene rings is 1. The van der Waals surface area contributed by atoms with Gasteiger partial charge < -0.3 is 4.74 Å². The predicted octanol–water partition coefficient (Wildman–Crippen LogP) is 1.87. The molecule has 0 aromatic heterocycles. The van der Waals surface area contributed by atoms with Crippen molar-refractivity contribution in [1.29, 1.82) is 0 Å². The summed E-state index contributed by atoms with van der Waals surface area (Å²) in [6.07, 6.45) is 1.88. The fraction of sp³-hybridized carbons (Fsp3) is 0.500. The number of ether oxygens (including phenoxy) is 1. The van der Waals surface area contributed by atoms with Gasteiger partial charge in [0.05, 0.1) is 12.0 Å². The van der Waals surface area contributed by atoms with E-state index in [9.17, 15) is 8.42 Å². The zero-order chi connectivity index (χ0) is 12.5. The maximum Gasteiger partial charge on any atom is 0.243 e. The fourth-order valence-electron chi connectivity index (χ4n) is 2.15. The van der Waals surface area contributed by atoms with E-state index in [0.717, 1.165) is 12.8 Å². The van der Waals surface area contributed by atoms with Gasteiger partial charge >= 0.3 is 0 Å². The Morgan fingerprint density at radius 2 is 1.94 bits per heavy atom. The molecule has 1 aromatic rings. The molecule has 1 atom stereocenters. The van der Waals surface area contributed by atoms with E-state index in [1.54, 1.807) is 35.7 Å². The third-order valence-corrected chi connectivity index (χ3v) is 5.19. The second-order valence-corrected chi connectivity index (χ2v) is 6.17. The molecule has 0 N–H and O–H groups in total. The molecule has 0 saturated carbocycles. The third kappa shape index (κ3) is 2.30. The van der Waals surface area contributed by atoms with Gasteiger partial charge in [0.2, 0.25) is 10.0 Å². The summed E-state index contributed by atoms with van der Waals surface area (Å²) in [4.78, 5) is 0.340. The number of methoxy groups -OCH3 is 1. The maximum absolute atomic E-state index is 12.3. The van der Waals surface area contributed by atoms with E-state index in [-0.39, 0.29) is 6.04 Å². The molecule has 1 aliphatic heterocycles. The van der Waals surface area contributed by atoms with E-state index in [4.69, 9.17) is 4.74 Å². The normalized spacial score (nSPS) is 21.6. The van der Waals surface area contributed by atoms with Gasteiger partial charge in [0.15, 0.2) is 0 Å². The lowest BCUT2D eigenvalue weighted by molar-refractivity contribution is 0.407. The Hall–Kier alpha value is -1.07. The molecule has 1 aromatic carbocycles. The lowest BCUT2D eigenvalue weighted by atomic mass is 10.3. The summed E-state index contributed by atoms with van der Waals surface area (Å²) in [5.41, 5.74) is 0. The van der Waals surface area contributed by atoms with Gasteiger partial charge in [-0.05, 0) is 44.0 Å². The quantitative estimate of drug-likeness (QED) is 0.828. The Kier molecular flexibility index (Phi) is 3.40. The van der Waals surface area contributed by atoms with E-state index >= 15 is 0 Å². The van der Waals surface area contributed by atoms with E-state index in [1.165, 1.54) is 0 Å². The topological polar surface area (TPSA) is 46.6 Å². The van der Waals surface area contributed by atoms with Crippen molar-refractivity contribution in [2.24, 2.45) is 0 Å². The van der Waals surface area contributed by atoms with Crippen LogP contribution in [0.1, 0.15) is 19.8 Å². The number of hydrogen-bond donors (Lipinski definition) is 0. The smallest absolute Gasteiger partial charge is 0.243 e. The molecular weight excluding hydrogens is 238 g/mol. The highest BCUT2D eigenvalue weighted by molar-refractivity contribution is 7.89. The van der Waals surface area contributed by atoms with Crippen molar-refractivity contribution in [2.75, 3.05) is 13.7 Å². The fourth-order valence-corrected chi connectivity index (χ4v) is 3.85. The summed E-state index contributed by atoms with van der Waals surface area (Å²) in [6.45, 7) is 2.57. The molecule has 5 heteroatoms. The molecule has 2 rings (SSSR count). The molecule has 1 saturated heterocycles. The first-order chi connectivity index (χ1) is 8.05. The standard InChI is InChI=1S/C12H17NO3S/c1-10-4-3-9-13(10)17(14,15)12-7-5-11(16-2)6-8-12/h5-8,10H,3-4,9H2,1-2H3. The van der Waals surface area contributed by atoms with Crippen LogP contribution in [0.15, 0.2) is 29.2 Å². The van der Waals surface area contributed by atoms with Crippen molar-refractivity contribution in [3.05, 3.63) is 24.3 Å². The highest BCUT2D eigenvalue weighted by Gasteiger charge is 2.32. The molecule has 1 heterocycles. The molecule has 0 radical (unpaired) electrons. The Morgan fingerprint density at radius 3 is 2.41 bits per heavy atom. The van der Waals surface area contributed by atoms with Crippen LogP contribution in [-0.2, 0) is 10.0 Å². The van der Waals surface area contributed by atoms with Crippen LogP contribution in [0.25, 0.3) is 0 Å². The number of sulfonamides is 1. The van der Waals surface area contributed by atoms with Gasteiger partial charge in [0, 0.05) is 12.6 Å². The van der Waals surface area contributed by atoms with Crippen LogP contribution in [0.3, 0.4) is 0 Å². The minimum Gasteiger partial charge on any atom is -0.497 e. The molecular formula is C12H17NO3S. The number of nitrogens with zero attached hydrogens (tertiary/aromatic N) is 1. The largest absolute Gasteiger partial charge is 0.497 e.